The second kappa shape index (κ2) is 7.46. The summed E-state index contributed by atoms with van der Waals surface area (Å²) in [7, 11) is -3.96. The Labute approximate surface area is 140 Å². The minimum Gasteiger partial charge on any atom is -0.508 e. The normalized spacial score (nSPS) is 12.7. The number of benzene rings is 2. The first kappa shape index (κ1) is 18.0. The Bertz CT molecular complexity index is 815. The lowest BCUT2D eigenvalue weighted by Gasteiger charge is -2.16. The van der Waals surface area contributed by atoms with Gasteiger partial charge in [0.15, 0.2) is 0 Å². The number of carbonyl (C=O) groups is 1. The third kappa shape index (κ3) is 4.33. The van der Waals surface area contributed by atoms with Crippen molar-refractivity contribution in [1.82, 2.24) is 4.72 Å². The molecular formula is C17H19NO5S. The number of carboxylic acids is 1. The summed E-state index contributed by atoms with van der Waals surface area (Å²) in [6.07, 6.45) is 0.496. The number of aromatic hydroxyl groups is 1. The number of aryl methyl sites for hydroxylation is 1. The zero-order valence-corrected chi connectivity index (χ0v) is 14.0. The van der Waals surface area contributed by atoms with E-state index in [0.717, 1.165) is 0 Å². The highest BCUT2D eigenvalue weighted by molar-refractivity contribution is 7.89. The van der Waals surface area contributed by atoms with E-state index in [1.165, 1.54) is 18.2 Å². The number of phenols is 1. The maximum atomic E-state index is 12.6. The van der Waals surface area contributed by atoms with Crippen molar-refractivity contribution >= 4 is 16.0 Å². The van der Waals surface area contributed by atoms with Crippen molar-refractivity contribution in [3.8, 4) is 5.75 Å². The van der Waals surface area contributed by atoms with Gasteiger partial charge >= 0.3 is 5.97 Å². The highest BCUT2D eigenvalue weighted by Crippen LogP contribution is 2.17. The Balaban J connectivity index is 2.26. The Morgan fingerprint density at radius 1 is 1.12 bits per heavy atom. The lowest BCUT2D eigenvalue weighted by Crippen LogP contribution is -2.42. The molecule has 24 heavy (non-hydrogen) atoms. The number of sulfonamides is 1. The third-order valence-electron chi connectivity index (χ3n) is 3.61. The topological polar surface area (TPSA) is 104 Å². The van der Waals surface area contributed by atoms with Gasteiger partial charge in [-0.05, 0) is 42.2 Å². The van der Waals surface area contributed by atoms with Crippen LogP contribution in [-0.2, 0) is 27.7 Å². The average molecular weight is 349 g/mol. The molecule has 0 heterocycles. The van der Waals surface area contributed by atoms with Crippen LogP contribution in [0.25, 0.3) is 0 Å². The number of hydrogen-bond donors (Lipinski definition) is 3. The maximum Gasteiger partial charge on any atom is 0.322 e. The Kier molecular flexibility index (Phi) is 5.58. The van der Waals surface area contributed by atoms with Crippen LogP contribution < -0.4 is 4.72 Å². The lowest BCUT2D eigenvalue weighted by molar-refractivity contribution is -0.138. The predicted octanol–water partition coefficient (Wildman–Crippen LogP) is 1.93. The standard InChI is InChI=1S/C17H19NO5S/c1-2-13-5-3-4-6-16(13)24(22,23)18-15(17(20)21)11-12-7-9-14(19)10-8-12/h3-10,15,18-19H,2,11H2,1H3,(H,20,21)/t15-/m0/s1. The fourth-order valence-corrected chi connectivity index (χ4v) is 3.86. The van der Waals surface area contributed by atoms with Crippen LogP contribution in [0.15, 0.2) is 53.4 Å². The summed E-state index contributed by atoms with van der Waals surface area (Å²) in [6.45, 7) is 1.83. The summed E-state index contributed by atoms with van der Waals surface area (Å²) in [5, 5.41) is 18.6. The fourth-order valence-electron chi connectivity index (χ4n) is 2.36. The molecule has 3 N–H and O–H groups in total. The molecule has 0 unspecified atom stereocenters. The summed E-state index contributed by atoms with van der Waals surface area (Å²) < 4.78 is 27.4. The highest BCUT2D eigenvalue weighted by atomic mass is 32.2. The van der Waals surface area contributed by atoms with Crippen molar-refractivity contribution in [1.29, 1.82) is 0 Å². The van der Waals surface area contributed by atoms with Crippen molar-refractivity contribution in [3.63, 3.8) is 0 Å². The smallest absolute Gasteiger partial charge is 0.322 e. The third-order valence-corrected chi connectivity index (χ3v) is 5.19. The molecule has 0 aliphatic carbocycles. The van der Waals surface area contributed by atoms with Crippen LogP contribution in [0.2, 0.25) is 0 Å². The molecular weight excluding hydrogens is 330 g/mol. The molecule has 2 rings (SSSR count). The largest absolute Gasteiger partial charge is 0.508 e. The van der Waals surface area contributed by atoms with E-state index in [9.17, 15) is 23.4 Å². The van der Waals surface area contributed by atoms with Crippen LogP contribution in [0.4, 0.5) is 0 Å². The molecule has 7 heteroatoms. The van der Waals surface area contributed by atoms with Crippen LogP contribution in [0.3, 0.4) is 0 Å². The molecule has 0 amide bonds. The number of aliphatic carboxylic acids is 1. The van der Waals surface area contributed by atoms with Gasteiger partial charge in [-0.25, -0.2) is 8.42 Å². The fraction of sp³-hybridized carbons (Fsp3) is 0.235. The first-order chi connectivity index (χ1) is 11.3. The SMILES string of the molecule is CCc1ccccc1S(=O)(=O)N[C@@H](Cc1ccc(O)cc1)C(=O)O. The second-order valence-electron chi connectivity index (χ2n) is 5.34. The molecule has 0 radical (unpaired) electrons. The number of nitrogens with one attached hydrogen (secondary N) is 1. The Morgan fingerprint density at radius 3 is 2.33 bits per heavy atom. The Morgan fingerprint density at radius 2 is 1.75 bits per heavy atom. The van der Waals surface area contributed by atoms with E-state index in [4.69, 9.17) is 0 Å². The van der Waals surface area contributed by atoms with E-state index in [1.807, 2.05) is 6.92 Å². The maximum absolute atomic E-state index is 12.6. The molecule has 0 fully saturated rings. The van der Waals surface area contributed by atoms with Crippen molar-refractivity contribution in [2.45, 2.75) is 30.7 Å². The van der Waals surface area contributed by atoms with Gasteiger partial charge in [0.2, 0.25) is 10.0 Å². The number of hydrogen-bond acceptors (Lipinski definition) is 4. The minimum absolute atomic E-state index is 0.0247. The molecule has 0 aliphatic heterocycles. The van der Waals surface area contributed by atoms with E-state index in [2.05, 4.69) is 4.72 Å². The van der Waals surface area contributed by atoms with Gasteiger partial charge in [0.25, 0.3) is 0 Å². The van der Waals surface area contributed by atoms with Crippen molar-refractivity contribution in [3.05, 3.63) is 59.7 Å². The molecule has 0 aromatic heterocycles. The summed E-state index contributed by atoms with van der Waals surface area (Å²) in [5.74, 6) is -1.20. The van der Waals surface area contributed by atoms with E-state index in [-0.39, 0.29) is 17.1 Å². The van der Waals surface area contributed by atoms with Gasteiger partial charge in [-0.3, -0.25) is 4.79 Å². The molecule has 0 saturated carbocycles. The predicted molar refractivity (Wildman–Crippen MR) is 89.4 cm³/mol. The highest BCUT2D eigenvalue weighted by Gasteiger charge is 2.26. The molecule has 2 aromatic rings. The molecule has 6 nitrogen and oxygen atoms in total. The van der Waals surface area contributed by atoms with Gasteiger partial charge in [-0.15, -0.1) is 0 Å². The van der Waals surface area contributed by atoms with Gasteiger partial charge in [-0.1, -0.05) is 37.3 Å². The molecule has 0 bridgehead atoms. The molecule has 1 atom stereocenters. The van der Waals surface area contributed by atoms with Crippen molar-refractivity contribution in [2.75, 3.05) is 0 Å². The van der Waals surface area contributed by atoms with Gasteiger partial charge in [-0.2, -0.15) is 4.72 Å². The summed E-state index contributed by atoms with van der Waals surface area (Å²) in [6, 6.07) is 11.2. The first-order valence-electron chi connectivity index (χ1n) is 7.44. The average Bonchev–Trinajstić information content (AvgIpc) is 2.56. The minimum atomic E-state index is -3.96. The molecule has 2 aromatic carbocycles. The van der Waals surface area contributed by atoms with Crippen LogP contribution in [0, 0.1) is 0 Å². The Hall–Kier alpha value is -2.38. The second-order valence-corrected chi connectivity index (χ2v) is 7.03. The van der Waals surface area contributed by atoms with Gasteiger partial charge in [0, 0.05) is 0 Å². The van der Waals surface area contributed by atoms with Crippen molar-refractivity contribution in [2.24, 2.45) is 0 Å². The van der Waals surface area contributed by atoms with Crippen LogP contribution in [0.5, 0.6) is 5.75 Å². The van der Waals surface area contributed by atoms with Crippen LogP contribution in [0.1, 0.15) is 18.1 Å². The zero-order valence-electron chi connectivity index (χ0n) is 13.1. The number of rotatable bonds is 7. The molecule has 0 spiro atoms. The van der Waals surface area contributed by atoms with E-state index >= 15 is 0 Å². The molecule has 0 saturated heterocycles. The molecule has 128 valence electrons. The van der Waals surface area contributed by atoms with Crippen molar-refractivity contribution < 1.29 is 23.4 Å². The quantitative estimate of drug-likeness (QED) is 0.708. The van der Waals surface area contributed by atoms with Gasteiger partial charge < -0.3 is 10.2 Å². The first-order valence-corrected chi connectivity index (χ1v) is 8.92. The van der Waals surface area contributed by atoms with E-state index in [1.54, 1.807) is 30.3 Å². The van der Waals surface area contributed by atoms with Gasteiger partial charge in [0.05, 0.1) is 4.90 Å². The van der Waals surface area contributed by atoms with E-state index < -0.39 is 22.0 Å². The number of phenolic OH excluding ortho intramolecular Hbond substituents is 1. The summed E-state index contributed by atoms with van der Waals surface area (Å²) in [4.78, 5) is 11.5. The van der Waals surface area contributed by atoms with Crippen LogP contribution in [-0.4, -0.2) is 30.6 Å². The summed E-state index contributed by atoms with van der Waals surface area (Å²) >= 11 is 0. The monoisotopic (exact) mass is 349 g/mol. The molecule has 0 aliphatic rings. The summed E-state index contributed by atoms with van der Waals surface area (Å²) in [5.41, 5.74) is 1.23. The van der Waals surface area contributed by atoms with Crippen LogP contribution >= 0.6 is 0 Å². The number of carboxylic acid groups (broad SMARTS) is 1. The van der Waals surface area contributed by atoms with E-state index in [0.29, 0.717) is 17.5 Å². The van der Waals surface area contributed by atoms with Gasteiger partial charge in [0.1, 0.15) is 11.8 Å². The zero-order chi connectivity index (χ0) is 17.7. The lowest BCUT2D eigenvalue weighted by atomic mass is 10.1.